The Morgan fingerprint density at radius 1 is 0.593 bits per heavy atom. The molecule has 0 aliphatic heterocycles. The average molecular weight is 385 g/mol. The minimum Gasteiger partial charge on any atom is -0.469 e. The van der Waals surface area contributed by atoms with Crippen molar-refractivity contribution in [2.24, 2.45) is 10.8 Å². The lowest BCUT2D eigenvalue weighted by molar-refractivity contribution is -0.152. The number of ketones is 2. The summed E-state index contributed by atoms with van der Waals surface area (Å²) in [6, 6.07) is 0. The summed E-state index contributed by atoms with van der Waals surface area (Å²) in [6.07, 6.45) is 4.63. The van der Waals surface area contributed by atoms with E-state index in [-0.39, 0.29) is 23.5 Å². The Balaban J connectivity index is 3.93. The molecule has 0 bridgehead atoms. The van der Waals surface area contributed by atoms with Crippen LogP contribution in [-0.4, -0.2) is 37.7 Å². The maximum Gasteiger partial charge on any atom is 0.311 e. The number of rotatable bonds is 14. The number of esters is 2. The second-order valence-electron chi connectivity index (χ2n) is 8.39. The first-order valence-electron chi connectivity index (χ1n) is 9.66. The van der Waals surface area contributed by atoms with Crippen LogP contribution in [0.25, 0.3) is 0 Å². The zero-order valence-corrected chi connectivity index (χ0v) is 17.8. The highest BCUT2D eigenvalue weighted by atomic mass is 16.5. The maximum absolute atomic E-state index is 11.9. The van der Waals surface area contributed by atoms with Crippen molar-refractivity contribution in [1.29, 1.82) is 0 Å². The molecule has 0 unspecified atom stereocenters. The molecular weight excluding hydrogens is 348 g/mol. The molecule has 0 amide bonds. The van der Waals surface area contributed by atoms with E-state index in [0.29, 0.717) is 57.8 Å². The lowest BCUT2D eigenvalue weighted by atomic mass is 9.86. The van der Waals surface area contributed by atoms with E-state index >= 15 is 0 Å². The molecule has 0 aromatic heterocycles. The van der Waals surface area contributed by atoms with Crippen molar-refractivity contribution in [3.8, 4) is 0 Å². The predicted octanol–water partition coefficient (Wildman–Crippen LogP) is 4.03. The lowest BCUT2D eigenvalue weighted by Gasteiger charge is -2.21. The average Bonchev–Trinajstić information content (AvgIpc) is 2.59. The second kappa shape index (κ2) is 11.9. The van der Waals surface area contributed by atoms with Crippen molar-refractivity contribution >= 4 is 23.5 Å². The summed E-state index contributed by atoms with van der Waals surface area (Å²) in [5.41, 5.74) is -1.16. The number of carbonyl (C=O) groups excluding carboxylic acids is 4. The van der Waals surface area contributed by atoms with Crippen LogP contribution in [0.15, 0.2) is 0 Å². The first kappa shape index (κ1) is 25.3. The summed E-state index contributed by atoms with van der Waals surface area (Å²) in [5.74, 6) is -0.294. The standard InChI is InChI=1S/C21H36O6/c1-20(2,18(24)26-5)14-8-12-16(22)10-7-11-17(23)13-9-15-21(3,4)19(25)27-6/h7-15H2,1-6H3. The van der Waals surface area contributed by atoms with Gasteiger partial charge in [0.1, 0.15) is 11.6 Å². The minimum absolute atomic E-state index is 0.121. The van der Waals surface area contributed by atoms with E-state index in [0.717, 1.165) is 0 Å². The highest BCUT2D eigenvalue weighted by molar-refractivity contribution is 5.81. The van der Waals surface area contributed by atoms with Crippen LogP contribution < -0.4 is 0 Å². The minimum atomic E-state index is -0.580. The summed E-state index contributed by atoms with van der Waals surface area (Å²) in [5, 5.41) is 0. The van der Waals surface area contributed by atoms with Gasteiger partial charge in [0.2, 0.25) is 0 Å². The number of carbonyl (C=O) groups is 4. The smallest absolute Gasteiger partial charge is 0.311 e. The Labute approximate surface area is 163 Å². The van der Waals surface area contributed by atoms with Gasteiger partial charge in [-0.2, -0.15) is 0 Å². The number of ether oxygens (including phenoxy) is 2. The van der Waals surface area contributed by atoms with Gasteiger partial charge in [-0.15, -0.1) is 0 Å². The molecule has 156 valence electrons. The number of Topliss-reactive ketones (excluding diaryl/α,β-unsaturated/α-hetero) is 2. The number of methoxy groups -OCH3 is 2. The molecular formula is C21H36O6. The van der Waals surface area contributed by atoms with Gasteiger partial charge in [-0.05, 0) is 59.8 Å². The Hall–Kier alpha value is -1.72. The normalized spacial score (nSPS) is 11.8. The molecule has 0 N–H and O–H groups in total. The Bertz CT molecular complexity index is 473. The highest BCUT2D eigenvalue weighted by Gasteiger charge is 2.29. The molecule has 0 spiro atoms. The summed E-state index contributed by atoms with van der Waals surface area (Å²) >= 11 is 0. The molecule has 0 fully saturated rings. The van der Waals surface area contributed by atoms with Gasteiger partial charge in [0.05, 0.1) is 25.0 Å². The highest BCUT2D eigenvalue weighted by Crippen LogP contribution is 2.26. The summed E-state index contributed by atoms with van der Waals surface area (Å²) in [4.78, 5) is 47.0. The molecule has 27 heavy (non-hydrogen) atoms. The molecule has 0 radical (unpaired) electrons. The molecule has 0 saturated heterocycles. The van der Waals surface area contributed by atoms with Crippen molar-refractivity contribution in [2.75, 3.05) is 14.2 Å². The van der Waals surface area contributed by atoms with Gasteiger partial charge in [-0.25, -0.2) is 0 Å². The summed E-state index contributed by atoms with van der Waals surface area (Å²) < 4.78 is 9.50. The first-order valence-corrected chi connectivity index (χ1v) is 9.66. The Morgan fingerprint density at radius 3 is 1.19 bits per heavy atom. The lowest BCUT2D eigenvalue weighted by Crippen LogP contribution is -2.25. The van der Waals surface area contributed by atoms with Crippen LogP contribution in [-0.2, 0) is 28.7 Å². The van der Waals surface area contributed by atoms with E-state index in [2.05, 4.69) is 0 Å². The van der Waals surface area contributed by atoms with E-state index in [1.165, 1.54) is 14.2 Å². The third-order valence-electron chi connectivity index (χ3n) is 4.90. The number of hydrogen-bond acceptors (Lipinski definition) is 6. The second-order valence-corrected chi connectivity index (χ2v) is 8.39. The van der Waals surface area contributed by atoms with Gasteiger partial charge in [-0.1, -0.05) is 0 Å². The Morgan fingerprint density at radius 2 is 0.889 bits per heavy atom. The molecule has 0 aromatic rings. The van der Waals surface area contributed by atoms with Crippen LogP contribution in [0.5, 0.6) is 0 Å². The fraction of sp³-hybridized carbons (Fsp3) is 0.810. The third kappa shape index (κ3) is 10.3. The fourth-order valence-electron chi connectivity index (χ4n) is 2.94. The van der Waals surface area contributed by atoms with Gasteiger partial charge >= 0.3 is 11.9 Å². The van der Waals surface area contributed by atoms with Crippen molar-refractivity contribution in [3.63, 3.8) is 0 Å². The Kier molecular flexibility index (Phi) is 11.1. The molecule has 0 saturated carbocycles. The molecule has 6 heteroatoms. The summed E-state index contributed by atoms with van der Waals surface area (Å²) in [7, 11) is 2.73. The van der Waals surface area contributed by atoms with E-state index in [9.17, 15) is 19.2 Å². The van der Waals surface area contributed by atoms with Gasteiger partial charge in [0.15, 0.2) is 0 Å². The van der Waals surface area contributed by atoms with E-state index in [4.69, 9.17) is 9.47 Å². The van der Waals surface area contributed by atoms with Crippen molar-refractivity contribution in [3.05, 3.63) is 0 Å². The zero-order chi connectivity index (χ0) is 21.1. The first-order chi connectivity index (χ1) is 12.5. The number of hydrogen-bond donors (Lipinski definition) is 0. The third-order valence-corrected chi connectivity index (χ3v) is 4.90. The van der Waals surface area contributed by atoms with Crippen LogP contribution >= 0.6 is 0 Å². The van der Waals surface area contributed by atoms with Crippen LogP contribution in [0.1, 0.15) is 85.5 Å². The van der Waals surface area contributed by atoms with Crippen LogP contribution in [0.3, 0.4) is 0 Å². The summed E-state index contributed by atoms with van der Waals surface area (Å²) in [6.45, 7) is 7.24. The van der Waals surface area contributed by atoms with Gasteiger partial charge in [0, 0.05) is 25.7 Å². The van der Waals surface area contributed by atoms with Gasteiger partial charge in [0.25, 0.3) is 0 Å². The quantitative estimate of drug-likeness (QED) is 0.420. The van der Waals surface area contributed by atoms with Crippen LogP contribution in [0, 0.1) is 10.8 Å². The van der Waals surface area contributed by atoms with Crippen molar-refractivity contribution in [1.82, 2.24) is 0 Å². The van der Waals surface area contributed by atoms with Crippen LogP contribution in [0.2, 0.25) is 0 Å². The molecule has 0 aromatic carbocycles. The molecule has 0 rings (SSSR count). The van der Waals surface area contributed by atoms with Gasteiger partial charge in [-0.3, -0.25) is 19.2 Å². The largest absolute Gasteiger partial charge is 0.469 e. The molecule has 0 atom stereocenters. The predicted molar refractivity (Wildman–Crippen MR) is 103 cm³/mol. The monoisotopic (exact) mass is 384 g/mol. The van der Waals surface area contributed by atoms with Crippen molar-refractivity contribution in [2.45, 2.75) is 85.5 Å². The topological polar surface area (TPSA) is 86.7 Å². The fourth-order valence-corrected chi connectivity index (χ4v) is 2.94. The maximum atomic E-state index is 11.9. The van der Waals surface area contributed by atoms with E-state index in [1.807, 2.05) is 27.7 Å². The molecule has 0 aliphatic rings. The molecule has 0 aliphatic carbocycles. The van der Waals surface area contributed by atoms with E-state index < -0.39 is 10.8 Å². The van der Waals surface area contributed by atoms with E-state index in [1.54, 1.807) is 0 Å². The molecule has 6 nitrogen and oxygen atoms in total. The van der Waals surface area contributed by atoms with Crippen LogP contribution in [0.4, 0.5) is 0 Å². The molecule has 0 heterocycles. The SMILES string of the molecule is COC(=O)C(C)(C)CCCC(=O)CCCC(=O)CCCC(C)(C)C(=O)OC. The zero-order valence-electron chi connectivity index (χ0n) is 17.8. The van der Waals surface area contributed by atoms with Crippen molar-refractivity contribution < 1.29 is 28.7 Å². The van der Waals surface area contributed by atoms with Gasteiger partial charge < -0.3 is 9.47 Å².